The van der Waals surface area contributed by atoms with Gasteiger partial charge in [-0.05, 0) is 68.4 Å². The third-order valence-electron chi connectivity index (χ3n) is 5.86. The molecule has 4 N–H and O–H groups in total. The van der Waals surface area contributed by atoms with Gasteiger partial charge in [-0.1, -0.05) is 24.3 Å². The number of fused-ring (bicyclic) bond motifs is 1. The number of carbonyl (C=O) groups is 1. The second-order valence-electron chi connectivity index (χ2n) is 8.46. The van der Waals surface area contributed by atoms with E-state index in [1.165, 1.54) is 5.56 Å². The van der Waals surface area contributed by atoms with Crippen LogP contribution in [0.3, 0.4) is 0 Å². The summed E-state index contributed by atoms with van der Waals surface area (Å²) < 4.78 is 5.98. The first-order valence-corrected chi connectivity index (χ1v) is 11.1. The highest BCUT2D eigenvalue weighted by atomic mass is 16.5. The molecule has 0 aliphatic carbocycles. The lowest BCUT2D eigenvalue weighted by Gasteiger charge is -2.22. The molecule has 0 fully saturated rings. The Labute approximate surface area is 185 Å². The van der Waals surface area contributed by atoms with Crippen LogP contribution in [0.15, 0.2) is 30.3 Å². The number of carbonyl (C=O) groups excluding carboxylic acids is 1. The minimum Gasteiger partial charge on any atom is -0.492 e. The number of hydrogen-bond donors (Lipinski definition) is 3. The third-order valence-corrected chi connectivity index (χ3v) is 5.86. The molecule has 0 saturated heterocycles. The zero-order chi connectivity index (χ0) is 22.4. The molecule has 2 aromatic rings. The van der Waals surface area contributed by atoms with Crippen molar-refractivity contribution in [3.8, 4) is 5.75 Å². The first-order valence-electron chi connectivity index (χ1n) is 11.1. The standard InChI is InChI=1S/C25H35N3O3/c1-17-6-4-7-18(2)24(17)31-13-9-27-19(3)14-20-15-21-8-11-28(10-5-12-29)23(21)22(16-20)25(26)30/h4,6-7,15-16,19,27,29H,5,8-14H2,1-3H3,(H2,26,30)/t19-/m1/s1. The molecule has 0 radical (unpaired) electrons. The summed E-state index contributed by atoms with van der Waals surface area (Å²) in [5.74, 6) is 0.573. The fraction of sp³-hybridized carbons (Fsp3) is 0.480. The van der Waals surface area contributed by atoms with E-state index in [0.717, 1.165) is 60.6 Å². The highest BCUT2D eigenvalue weighted by Gasteiger charge is 2.25. The van der Waals surface area contributed by atoms with Gasteiger partial charge in [0.1, 0.15) is 12.4 Å². The molecule has 1 atom stereocenters. The van der Waals surface area contributed by atoms with Crippen LogP contribution < -0.4 is 20.7 Å². The number of nitrogens with two attached hydrogens (primary N) is 1. The number of ether oxygens (including phenoxy) is 1. The Hall–Kier alpha value is -2.57. The molecule has 6 nitrogen and oxygen atoms in total. The van der Waals surface area contributed by atoms with Crippen LogP contribution in [-0.4, -0.2) is 49.9 Å². The predicted molar refractivity (Wildman–Crippen MR) is 125 cm³/mol. The van der Waals surface area contributed by atoms with Crippen molar-refractivity contribution < 1.29 is 14.6 Å². The number of hydrogen-bond acceptors (Lipinski definition) is 5. The number of aliphatic hydroxyl groups excluding tert-OH is 1. The molecular weight excluding hydrogens is 390 g/mol. The fourth-order valence-corrected chi connectivity index (χ4v) is 4.39. The predicted octanol–water partition coefficient (Wildman–Crippen LogP) is 2.75. The van der Waals surface area contributed by atoms with E-state index in [-0.39, 0.29) is 12.6 Å². The Kier molecular flexibility index (Phi) is 7.93. The van der Waals surface area contributed by atoms with Crippen molar-refractivity contribution in [3.05, 3.63) is 58.1 Å². The summed E-state index contributed by atoms with van der Waals surface area (Å²) in [6.07, 6.45) is 2.40. The number of nitrogens with one attached hydrogen (secondary N) is 1. The Morgan fingerprint density at radius 2 is 2.03 bits per heavy atom. The fourth-order valence-electron chi connectivity index (χ4n) is 4.39. The Morgan fingerprint density at radius 1 is 1.29 bits per heavy atom. The topological polar surface area (TPSA) is 87.8 Å². The van der Waals surface area contributed by atoms with Crippen molar-refractivity contribution in [1.29, 1.82) is 0 Å². The number of aliphatic hydroxyl groups is 1. The molecule has 0 saturated carbocycles. The summed E-state index contributed by atoms with van der Waals surface area (Å²) in [6, 6.07) is 10.5. The monoisotopic (exact) mass is 425 g/mol. The van der Waals surface area contributed by atoms with E-state index in [4.69, 9.17) is 15.6 Å². The van der Waals surface area contributed by atoms with E-state index >= 15 is 0 Å². The van der Waals surface area contributed by atoms with Crippen molar-refractivity contribution >= 4 is 11.6 Å². The molecular formula is C25H35N3O3. The van der Waals surface area contributed by atoms with E-state index in [0.29, 0.717) is 18.6 Å². The van der Waals surface area contributed by atoms with Gasteiger partial charge in [0.05, 0.1) is 11.3 Å². The number of anilines is 1. The summed E-state index contributed by atoms with van der Waals surface area (Å²) in [7, 11) is 0. The van der Waals surface area contributed by atoms with Crippen LogP contribution in [0.5, 0.6) is 5.75 Å². The molecule has 1 aliphatic rings. The molecule has 0 bridgehead atoms. The number of amides is 1. The molecule has 3 rings (SSSR count). The first kappa shape index (κ1) is 23.1. The lowest BCUT2D eigenvalue weighted by atomic mass is 9.98. The Balaban J connectivity index is 1.58. The first-order chi connectivity index (χ1) is 14.9. The van der Waals surface area contributed by atoms with Crippen LogP contribution in [0, 0.1) is 13.8 Å². The van der Waals surface area contributed by atoms with Crippen LogP contribution in [0.4, 0.5) is 5.69 Å². The summed E-state index contributed by atoms with van der Waals surface area (Å²) >= 11 is 0. The Bertz CT molecular complexity index is 893. The molecule has 1 heterocycles. The molecule has 0 unspecified atom stereocenters. The van der Waals surface area contributed by atoms with E-state index in [9.17, 15) is 4.79 Å². The second kappa shape index (κ2) is 10.6. The van der Waals surface area contributed by atoms with Gasteiger partial charge in [0, 0.05) is 32.3 Å². The van der Waals surface area contributed by atoms with Gasteiger partial charge in [-0.25, -0.2) is 0 Å². The number of nitrogens with zero attached hydrogens (tertiary/aromatic N) is 1. The average Bonchev–Trinajstić information content (AvgIpc) is 3.13. The maximum absolute atomic E-state index is 12.1. The van der Waals surface area contributed by atoms with E-state index in [2.05, 4.69) is 49.2 Å². The lowest BCUT2D eigenvalue weighted by Crippen LogP contribution is -2.32. The zero-order valence-corrected chi connectivity index (χ0v) is 18.9. The van der Waals surface area contributed by atoms with Crippen molar-refractivity contribution in [2.24, 2.45) is 5.73 Å². The van der Waals surface area contributed by atoms with E-state index in [1.807, 2.05) is 12.1 Å². The van der Waals surface area contributed by atoms with Crippen LogP contribution >= 0.6 is 0 Å². The Morgan fingerprint density at radius 3 is 2.71 bits per heavy atom. The molecule has 1 aliphatic heterocycles. The maximum Gasteiger partial charge on any atom is 0.250 e. The smallest absolute Gasteiger partial charge is 0.250 e. The van der Waals surface area contributed by atoms with E-state index < -0.39 is 5.91 Å². The molecule has 6 heteroatoms. The highest BCUT2D eigenvalue weighted by molar-refractivity contribution is 6.00. The van der Waals surface area contributed by atoms with Gasteiger partial charge in [0.15, 0.2) is 0 Å². The van der Waals surface area contributed by atoms with Crippen molar-refractivity contribution in [1.82, 2.24) is 5.32 Å². The minimum absolute atomic E-state index is 0.145. The molecule has 1 amide bonds. The summed E-state index contributed by atoms with van der Waals surface area (Å²) in [4.78, 5) is 14.3. The van der Waals surface area contributed by atoms with Gasteiger partial charge < -0.3 is 25.8 Å². The van der Waals surface area contributed by atoms with Crippen molar-refractivity contribution in [2.45, 2.75) is 46.1 Å². The normalized spacial score (nSPS) is 13.9. The van der Waals surface area contributed by atoms with E-state index in [1.54, 1.807) is 0 Å². The van der Waals surface area contributed by atoms with Gasteiger partial charge in [-0.3, -0.25) is 4.79 Å². The second-order valence-corrected chi connectivity index (χ2v) is 8.46. The summed E-state index contributed by atoms with van der Waals surface area (Å²) in [6.45, 7) is 9.37. The molecule has 0 spiro atoms. The molecule has 2 aromatic carbocycles. The van der Waals surface area contributed by atoms with Crippen LogP contribution in [0.25, 0.3) is 0 Å². The van der Waals surface area contributed by atoms with Gasteiger partial charge in [-0.15, -0.1) is 0 Å². The summed E-state index contributed by atoms with van der Waals surface area (Å²) in [5.41, 5.74) is 11.8. The van der Waals surface area contributed by atoms with Gasteiger partial charge >= 0.3 is 0 Å². The van der Waals surface area contributed by atoms with Gasteiger partial charge in [0.25, 0.3) is 5.91 Å². The van der Waals surface area contributed by atoms with Crippen molar-refractivity contribution in [3.63, 3.8) is 0 Å². The largest absolute Gasteiger partial charge is 0.492 e. The quantitative estimate of drug-likeness (QED) is 0.482. The van der Waals surface area contributed by atoms with Crippen LogP contribution in [0.1, 0.15) is 46.0 Å². The molecule has 0 aromatic heterocycles. The summed E-state index contributed by atoms with van der Waals surface area (Å²) in [5, 5.41) is 12.7. The van der Waals surface area contributed by atoms with Crippen LogP contribution in [0.2, 0.25) is 0 Å². The number of aryl methyl sites for hydroxylation is 2. The number of para-hydroxylation sites is 1. The minimum atomic E-state index is -0.392. The highest BCUT2D eigenvalue weighted by Crippen LogP contribution is 2.33. The maximum atomic E-state index is 12.1. The molecule has 31 heavy (non-hydrogen) atoms. The number of primary amides is 1. The number of rotatable bonds is 11. The molecule has 168 valence electrons. The van der Waals surface area contributed by atoms with Gasteiger partial charge in [0.2, 0.25) is 0 Å². The SMILES string of the molecule is Cc1cccc(C)c1OCCN[C@H](C)Cc1cc2c(c(C(N)=O)c1)N(CCCO)CC2. The lowest BCUT2D eigenvalue weighted by molar-refractivity contribution is 0.100. The zero-order valence-electron chi connectivity index (χ0n) is 18.9. The average molecular weight is 426 g/mol. The number of benzene rings is 2. The van der Waals surface area contributed by atoms with Crippen molar-refractivity contribution in [2.75, 3.05) is 37.7 Å². The van der Waals surface area contributed by atoms with Crippen LogP contribution in [-0.2, 0) is 12.8 Å². The van der Waals surface area contributed by atoms with Gasteiger partial charge in [-0.2, -0.15) is 0 Å². The third kappa shape index (κ3) is 5.77.